The Morgan fingerprint density at radius 1 is 0.746 bits per heavy atom. The first-order chi connectivity index (χ1) is 33.1. The SMILES string of the molecule is CCOC(=O)c1csc([C@H](O)C[C@@H](NC)C(C)C)n1.CCOC(=O)c1csc([C@H](O)C[C@@H](N[S@@](=O)C(C)(C)C)C(C)C)n1.CCOC(=O)c1csc([C@H]2C[C@H](C(C)C)N([S@@](=O)C(C)(C)C)CO2)n1.CCP. The normalized spacial score (nSPS) is 17.8. The summed E-state index contributed by atoms with van der Waals surface area (Å²) in [4.78, 5) is 47.6. The number of hydrogen-bond donors (Lipinski definition) is 4. The van der Waals surface area contributed by atoms with Crippen molar-refractivity contribution >= 4 is 83.1 Å². The van der Waals surface area contributed by atoms with Crippen LogP contribution in [0.5, 0.6) is 0 Å². The Hall–Kier alpha value is -2.21. The van der Waals surface area contributed by atoms with Crippen LogP contribution in [0, 0.1) is 17.8 Å². The highest BCUT2D eigenvalue weighted by Gasteiger charge is 2.40. The molecule has 23 heteroatoms. The molecule has 17 nitrogen and oxygen atoms in total. The van der Waals surface area contributed by atoms with Gasteiger partial charge < -0.3 is 34.5 Å². The van der Waals surface area contributed by atoms with Crippen molar-refractivity contribution in [3.8, 4) is 0 Å². The maximum atomic E-state index is 12.8. The van der Waals surface area contributed by atoms with Gasteiger partial charge in [0, 0.05) is 34.3 Å². The van der Waals surface area contributed by atoms with Gasteiger partial charge in [-0.2, -0.15) is 4.31 Å². The first-order valence-corrected chi connectivity index (χ1v) is 29.9. The molecule has 0 amide bonds. The number of aliphatic hydroxyl groups excluding tert-OH is 2. The number of ether oxygens (including phenoxy) is 4. The van der Waals surface area contributed by atoms with Crippen LogP contribution in [0.3, 0.4) is 0 Å². The maximum Gasteiger partial charge on any atom is 0.357 e. The minimum Gasteiger partial charge on any atom is -0.461 e. The molecule has 4 rings (SSSR count). The molecule has 1 aliphatic rings. The summed E-state index contributed by atoms with van der Waals surface area (Å²) >= 11 is 3.92. The van der Waals surface area contributed by atoms with Gasteiger partial charge in [0.2, 0.25) is 0 Å². The Bertz CT molecular complexity index is 2070. The predicted octanol–water partition coefficient (Wildman–Crippen LogP) is 9.22. The van der Waals surface area contributed by atoms with Crippen LogP contribution in [0.4, 0.5) is 0 Å². The van der Waals surface area contributed by atoms with Gasteiger partial charge in [0.25, 0.3) is 0 Å². The maximum absolute atomic E-state index is 12.8. The lowest BCUT2D eigenvalue weighted by Crippen LogP contribution is -2.50. The molecule has 1 unspecified atom stereocenters. The molecular weight excluding hydrogens is 1030 g/mol. The molecule has 0 aromatic carbocycles. The van der Waals surface area contributed by atoms with E-state index in [-0.39, 0.29) is 57.6 Å². The number of carbonyl (C=O) groups is 3. The van der Waals surface area contributed by atoms with Crippen LogP contribution in [0.25, 0.3) is 0 Å². The zero-order chi connectivity index (χ0) is 54.4. The molecule has 4 heterocycles. The fraction of sp³-hybridized carbons (Fsp3) is 0.750. The first-order valence-electron chi connectivity index (χ1n) is 24.2. The van der Waals surface area contributed by atoms with Gasteiger partial charge in [-0.15, -0.1) is 43.3 Å². The molecule has 1 aliphatic heterocycles. The number of rotatable bonds is 20. The minimum atomic E-state index is -1.22. The van der Waals surface area contributed by atoms with E-state index >= 15 is 0 Å². The van der Waals surface area contributed by atoms with E-state index in [2.05, 4.69) is 68.8 Å². The van der Waals surface area contributed by atoms with Crippen molar-refractivity contribution in [1.29, 1.82) is 0 Å². The molecule has 4 N–H and O–H groups in total. The van der Waals surface area contributed by atoms with E-state index < -0.39 is 52.1 Å². The molecule has 0 aliphatic carbocycles. The lowest BCUT2D eigenvalue weighted by atomic mass is 9.97. The second-order valence-electron chi connectivity index (χ2n) is 19.4. The van der Waals surface area contributed by atoms with Crippen LogP contribution in [-0.2, 0) is 40.9 Å². The van der Waals surface area contributed by atoms with Gasteiger partial charge in [-0.1, -0.05) is 48.5 Å². The smallest absolute Gasteiger partial charge is 0.357 e. The van der Waals surface area contributed by atoms with E-state index in [1.54, 1.807) is 36.9 Å². The van der Waals surface area contributed by atoms with E-state index in [9.17, 15) is 33.0 Å². The Kier molecular flexibility index (Phi) is 31.0. The third kappa shape index (κ3) is 23.1. The Balaban J connectivity index is 0.000000522. The number of aromatic nitrogens is 3. The summed E-state index contributed by atoms with van der Waals surface area (Å²) in [5.74, 6) is -0.385. The lowest BCUT2D eigenvalue weighted by Gasteiger charge is -2.42. The summed E-state index contributed by atoms with van der Waals surface area (Å²) in [7, 11) is 2.11. The highest BCUT2D eigenvalue weighted by Crippen LogP contribution is 2.36. The van der Waals surface area contributed by atoms with Crippen molar-refractivity contribution in [3.63, 3.8) is 0 Å². The Morgan fingerprint density at radius 3 is 1.52 bits per heavy atom. The van der Waals surface area contributed by atoms with Gasteiger partial charge in [0.15, 0.2) is 17.1 Å². The molecule has 0 radical (unpaired) electrons. The largest absolute Gasteiger partial charge is 0.461 e. The number of thiazole rings is 3. The van der Waals surface area contributed by atoms with E-state index in [0.29, 0.717) is 66.8 Å². The molecule has 0 bridgehead atoms. The molecule has 0 spiro atoms. The van der Waals surface area contributed by atoms with Crippen molar-refractivity contribution in [1.82, 2.24) is 29.3 Å². The molecule has 3 aromatic rings. The number of nitrogens with zero attached hydrogens (tertiary/aromatic N) is 4. The van der Waals surface area contributed by atoms with Crippen molar-refractivity contribution < 1.29 is 52.0 Å². The molecule has 0 saturated carbocycles. The van der Waals surface area contributed by atoms with Crippen molar-refractivity contribution in [3.05, 3.63) is 48.2 Å². The zero-order valence-electron chi connectivity index (χ0n) is 45.1. The number of carbonyl (C=O) groups excluding carboxylic acids is 3. The highest BCUT2D eigenvalue weighted by molar-refractivity contribution is 7.84. The average molecular weight is 1110 g/mol. The summed E-state index contributed by atoms with van der Waals surface area (Å²) in [5, 5.41) is 30.5. The predicted molar refractivity (Wildman–Crippen MR) is 293 cm³/mol. The second kappa shape index (κ2) is 33.0. The summed E-state index contributed by atoms with van der Waals surface area (Å²) in [6, 6.07) is 0.216. The van der Waals surface area contributed by atoms with Gasteiger partial charge in [-0.05, 0) is 113 Å². The van der Waals surface area contributed by atoms with Crippen LogP contribution < -0.4 is 10.0 Å². The van der Waals surface area contributed by atoms with Crippen LogP contribution in [0.1, 0.15) is 195 Å². The number of nitrogens with one attached hydrogen (secondary N) is 2. The topological polar surface area (TPSA) is 229 Å². The van der Waals surface area contributed by atoms with Gasteiger partial charge in [0.1, 0.15) is 51.1 Å². The van der Waals surface area contributed by atoms with Crippen LogP contribution in [0.2, 0.25) is 0 Å². The molecule has 71 heavy (non-hydrogen) atoms. The standard InChI is InChI=1S/C17H28N2O4S2.C16H28N2O4S2.C13H22N2O3S.C2H7P/c1-7-22-16(20)12-9-24-15(18-12)14-8-13(11(2)3)19(10-23-14)25(21)17(4,5)6;1-7-22-15(20)12-9-23-14(17-12)13(19)8-11(10(2)3)18-24(21)16(4,5)6;1-5-18-13(17)10-7-19-12(15-10)11(16)6-9(14-4)8(2)3;1-2-3/h9,11,13-14H,7-8,10H2,1-6H3;9-11,13,18-19H,7-8H2,1-6H3;7-9,11,14,16H,5-6H2,1-4H3;2-3H2,1H3/t13-,14-,25+;11-,13-,24+;9-,11-;/m111./s1. The highest BCUT2D eigenvalue weighted by atomic mass is 32.2. The van der Waals surface area contributed by atoms with Crippen molar-refractivity contribution in [2.24, 2.45) is 17.8 Å². The molecular formula is C48H85N6O11PS5. The lowest BCUT2D eigenvalue weighted by molar-refractivity contribution is -0.0694. The van der Waals surface area contributed by atoms with Crippen LogP contribution in [-0.4, -0.2) is 123 Å². The van der Waals surface area contributed by atoms with Gasteiger partial charge in [-0.3, -0.25) is 0 Å². The van der Waals surface area contributed by atoms with Crippen molar-refractivity contribution in [2.75, 3.05) is 39.8 Å². The first kappa shape index (κ1) is 66.8. The summed E-state index contributed by atoms with van der Waals surface area (Å²) < 4.78 is 50.2. The molecule has 3 aromatic heterocycles. The Morgan fingerprint density at radius 2 is 1.15 bits per heavy atom. The third-order valence-corrected chi connectivity index (χ3v) is 16.7. The molecule has 408 valence electrons. The zero-order valence-corrected chi connectivity index (χ0v) is 50.3. The molecule has 1 saturated heterocycles. The van der Waals surface area contributed by atoms with E-state index in [0.717, 1.165) is 5.01 Å². The summed E-state index contributed by atoms with van der Waals surface area (Å²) in [6.45, 7) is 32.7. The third-order valence-electron chi connectivity index (χ3n) is 10.3. The van der Waals surface area contributed by atoms with E-state index in [1.165, 1.54) is 40.2 Å². The van der Waals surface area contributed by atoms with Crippen LogP contribution >= 0.6 is 43.3 Å². The Labute approximate surface area is 443 Å². The van der Waals surface area contributed by atoms with Crippen molar-refractivity contribution in [2.45, 2.75) is 176 Å². The number of aliphatic hydroxyl groups is 2. The average Bonchev–Trinajstić information content (AvgIpc) is 4.10. The summed E-state index contributed by atoms with van der Waals surface area (Å²) in [6.07, 6.45) is 1.14. The number of hydrogen-bond acceptors (Lipinski definition) is 18. The van der Waals surface area contributed by atoms with E-state index in [1.807, 2.05) is 66.7 Å². The summed E-state index contributed by atoms with van der Waals surface area (Å²) in [5.41, 5.74) is 0.807. The molecule has 1 fully saturated rings. The van der Waals surface area contributed by atoms with Gasteiger partial charge in [-0.25, -0.2) is 42.5 Å². The quantitative estimate of drug-likeness (QED) is 0.0470. The van der Waals surface area contributed by atoms with Gasteiger partial charge >= 0.3 is 17.9 Å². The number of esters is 3. The minimum absolute atomic E-state index is 0.130. The van der Waals surface area contributed by atoms with E-state index in [4.69, 9.17) is 18.9 Å². The van der Waals surface area contributed by atoms with Gasteiger partial charge in [0.05, 0.1) is 40.3 Å². The monoisotopic (exact) mass is 1110 g/mol. The fourth-order valence-corrected chi connectivity index (χ4v) is 11.2. The fourth-order valence-electron chi connectivity index (χ4n) is 6.35. The van der Waals surface area contributed by atoms with Crippen LogP contribution in [0.15, 0.2) is 16.1 Å². The second-order valence-corrected chi connectivity index (χ2v) is 27.1. The molecule has 9 atom stereocenters.